The first-order valence-electron chi connectivity index (χ1n) is 7.88. The van der Waals surface area contributed by atoms with E-state index in [1.807, 2.05) is 0 Å². The number of anilines is 1. The number of morpholine rings is 1. The molecule has 1 aliphatic rings. The van der Waals surface area contributed by atoms with E-state index < -0.39 is 15.9 Å². The summed E-state index contributed by atoms with van der Waals surface area (Å²) >= 11 is 0. The molecule has 0 radical (unpaired) electrons. The molecule has 1 fully saturated rings. The van der Waals surface area contributed by atoms with Crippen molar-refractivity contribution in [3.8, 4) is 0 Å². The molecule has 1 N–H and O–H groups in total. The number of hydrogen-bond donors (Lipinski definition) is 1. The minimum Gasteiger partial charge on any atom is -0.378 e. The molecular formula is C17H19N3O4S. The van der Waals surface area contributed by atoms with Crippen LogP contribution in [0.25, 0.3) is 0 Å². The van der Waals surface area contributed by atoms with E-state index in [2.05, 4.69) is 14.6 Å². The molecule has 1 aliphatic heterocycles. The molecule has 2 aromatic rings. The minimum atomic E-state index is -4.00. The first kappa shape index (κ1) is 17.4. The van der Waals surface area contributed by atoms with Crippen molar-refractivity contribution >= 4 is 21.6 Å². The third-order valence-corrected chi connectivity index (χ3v) is 5.13. The van der Waals surface area contributed by atoms with Crippen LogP contribution in [0.5, 0.6) is 0 Å². The van der Waals surface area contributed by atoms with Crippen molar-refractivity contribution in [3.05, 3.63) is 53.7 Å². The fraction of sp³-hybridized carbons (Fsp3) is 0.294. The first-order valence-corrected chi connectivity index (χ1v) is 9.36. The summed E-state index contributed by atoms with van der Waals surface area (Å²) in [5.74, 6) is -0.683. The van der Waals surface area contributed by atoms with Crippen LogP contribution < -0.4 is 9.62 Å². The summed E-state index contributed by atoms with van der Waals surface area (Å²) < 4.78 is 31.9. The number of pyridine rings is 1. The normalized spacial score (nSPS) is 15.0. The average Bonchev–Trinajstić information content (AvgIpc) is 2.62. The quantitative estimate of drug-likeness (QED) is 0.884. The van der Waals surface area contributed by atoms with E-state index in [4.69, 9.17) is 4.74 Å². The Morgan fingerprint density at radius 3 is 2.48 bits per heavy atom. The van der Waals surface area contributed by atoms with Crippen LogP contribution in [0.3, 0.4) is 0 Å². The highest BCUT2D eigenvalue weighted by molar-refractivity contribution is 7.90. The maximum absolute atomic E-state index is 12.3. The Balaban J connectivity index is 1.72. The van der Waals surface area contributed by atoms with Gasteiger partial charge in [0.2, 0.25) is 0 Å². The third kappa shape index (κ3) is 4.15. The molecule has 0 saturated carbocycles. The van der Waals surface area contributed by atoms with Gasteiger partial charge < -0.3 is 9.64 Å². The second kappa shape index (κ2) is 7.20. The Labute approximate surface area is 146 Å². The predicted octanol–water partition coefficient (Wildman–Crippen LogP) is 1.35. The number of amides is 1. The summed E-state index contributed by atoms with van der Waals surface area (Å²) in [6.07, 6.45) is 1.39. The summed E-state index contributed by atoms with van der Waals surface area (Å²) in [5, 5.41) is -0.175. The number of sulfonamides is 1. The van der Waals surface area contributed by atoms with Gasteiger partial charge in [0, 0.05) is 30.5 Å². The highest BCUT2D eigenvalue weighted by Gasteiger charge is 2.20. The summed E-state index contributed by atoms with van der Waals surface area (Å²) in [4.78, 5) is 18.2. The molecule has 1 aromatic carbocycles. The van der Waals surface area contributed by atoms with Crippen molar-refractivity contribution in [2.24, 2.45) is 0 Å². The lowest BCUT2D eigenvalue weighted by Gasteiger charge is -2.28. The zero-order valence-corrected chi connectivity index (χ0v) is 14.6. The molecule has 25 heavy (non-hydrogen) atoms. The zero-order valence-electron chi connectivity index (χ0n) is 13.8. The smallest absolute Gasteiger partial charge is 0.281 e. The Hall–Kier alpha value is -2.45. The maximum Gasteiger partial charge on any atom is 0.281 e. The van der Waals surface area contributed by atoms with Gasteiger partial charge in [-0.05, 0) is 48.9 Å². The molecule has 0 atom stereocenters. The number of hydrogen-bond acceptors (Lipinski definition) is 6. The molecule has 3 rings (SSSR count). The number of carbonyl (C=O) groups excluding carboxylic acids is 1. The molecule has 0 bridgehead atoms. The highest BCUT2D eigenvalue weighted by atomic mass is 32.2. The number of ether oxygens (including phenoxy) is 1. The second-order valence-corrected chi connectivity index (χ2v) is 7.38. The number of aromatic nitrogens is 1. The lowest BCUT2D eigenvalue weighted by Crippen LogP contribution is -2.36. The Morgan fingerprint density at radius 2 is 1.84 bits per heavy atom. The van der Waals surface area contributed by atoms with E-state index in [-0.39, 0.29) is 10.6 Å². The molecule has 8 heteroatoms. The third-order valence-electron chi connectivity index (χ3n) is 3.90. The topological polar surface area (TPSA) is 88.6 Å². The SMILES string of the molecule is Cc1ccnc(S(=O)(=O)NC(=O)c2ccc(N3CCOCC3)cc2)c1. The van der Waals surface area contributed by atoms with Crippen LogP contribution in [0.15, 0.2) is 47.6 Å². The molecule has 132 valence electrons. The van der Waals surface area contributed by atoms with Crippen LogP contribution in [0.4, 0.5) is 5.69 Å². The van der Waals surface area contributed by atoms with Gasteiger partial charge in [-0.15, -0.1) is 0 Å². The van der Waals surface area contributed by atoms with Gasteiger partial charge in [0.1, 0.15) is 0 Å². The van der Waals surface area contributed by atoms with Crippen LogP contribution >= 0.6 is 0 Å². The lowest BCUT2D eigenvalue weighted by atomic mass is 10.2. The minimum absolute atomic E-state index is 0.175. The van der Waals surface area contributed by atoms with Crippen LogP contribution in [-0.2, 0) is 14.8 Å². The number of benzene rings is 1. The number of aryl methyl sites for hydroxylation is 1. The largest absolute Gasteiger partial charge is 0.378 e. The van der Waals surface area contributed by atoms with E-state index >= 15 is 0 Å². The number of rotatable bonds is 4. The van der Waals surface area contributed by atoms with Gasteiger partial charge in [0.15, 0.2) is 5.03 Å². The lowest BCUT2D eigenvalue weighted by molar-refractivity contribution is 0.0981. The van der Waals surface area contributed by atoms with Crippen molar-refractivity contribution in [1.82, 2.24) is 9.71 Å². The Kier molecular flexibility index (Phi) is 5.00. The number of nitrogens with zero attached hydrogens (tertiary/aromatic N) is 2. The average molecular weight is 361 g/mol. The number of nitrogens with one attached hydrogen (secondary N) is 1. The highest BCUT2D eigenvalue weighted by Crippen LogP contribution is 2.17. The molecule has 0 unspecified atom stereocenters. The summed E-state index contributed by atoms with van der Waals surface area (Å²) in [5.41, 5.74) is 1.99. The molecule has 2 heterocycles. The Morgan fingerprint density at radius 1 is 1.16 bits per heavy atom. The van der Waals surface area contributed by atoms with Gasteiger partial charge in [-0.1, -0.05) is 0 Å². The van der Waals surface area contributed by atoms with E-state index in [0.29, 0.717) is 13.2 Å². The first-order chi connectivity index (χ1) is 12.0. The van der Waals surface area contributed by atoms with Crippen LogP contribution in [-0.4, -0.2) is 45.6 Å². The second-order valence-electron chi connectivity index (χ2n) is 5.75. The molecule has 7 nitrogen and oxygen atoms in total. The van der Waals surface area contributed by atoms with E-state index in [9.17, 15) is 13.2 Å². The van der Waals surface area contributed by atoms with Crippen molar-refractivity contribution in [3.63, 3.8) is 0 Å². The van der Waals surface area contributed by atoms with Gasteiger partial charge in [-0.25, -0.2) is 9.71 Å². The number of carbonyl (C=O) groups is 1. The summed E-state index contributed by atoms with van der Waals surface area (Å²) in [6, 6.07) is 9.93. The maximum atomic E-state index is 12.3. The van der Waals surface area contributed by atoms with Gasteiger partial charge in [0.05, 0.1) is 13.2 Å². The summed E-state index contributed by atoms with van der Waals surface area (Å²) in [6.45, 7) is 4.68. The van der Waals surface area contributed by atoms with Crippen molar-refractivity contribution in [2.45, 2.75) is 11.9 Å². The predicted molar refractivity (Wildman–Crippen MR) is 93.1 cm³/mol. The van der Waals surface area contributed by atoms with Gasteiger partial charge in [-0.2, -0.15) is 8.42 Å². The standard InChI is InChI=1S/C17H19N3O4S/c1-13-6-7-18-16(12-13)25(22,23)19-17(21)14-2-4-15(5-3-14)20-8-10-24-11-9-20/h2-7,12H,8-11H2,1H3,(H,19,21). The van der Waals surface area contributed by atoms with Crippen LogP contribution in [0.2, 0.25) is 0 Å². The van der Waals surface area contributed by atoms with E-state index in [1.54, 1.807) is 37.3 Å². The van der Waals surface area contributed by atoms with Crippen LogP contribution in [0.1, 0.15) is 15.9 Å². The van der Waals surface area contributed by atoms with Crippen molar-refractivity contribution in [1.29, 1.82) is 0 Å². The molecule has 1 aromatic heterocycles. The zero-order chi connectivity index (χ0) is 17.9. The molecule has 1 amide bonds. The molecular weight excluding hydrogens is 342 g/mol. The van der Waals surface area contributed by atoms with Gasteiger partial charge >= 0.3 is 0 Å². The fourth-order valence-electron chi connectivity index (χ4n) is 2.53. The van der Waals surface area contributed by atoms with E-state index in [1.165, 1.54) is 12.3 Å². The van der Waals surface area contributed by atoms with E-state index in [0.717, 1.165) is 24.3 Å². The van der Waals surface area contributed by atoms with Gasteiger partial charge in [-0.3, -0.25) is 4.79 Å². The molecule has 1 saturated heterocycles. The molecule has 0 aliphatic carbocycles. The van der Waals surface area contributed by atoms with Gasteiger partial charge in [0.25, 0.3) is 15.9 Å². The van der Waals surface area contributed by atoms with Crippen LogP contribution in [0, 0.1) is 6.92 Å². The monoisotopic (exact) mass is 361 g/mol. The fourth-order valence-corrected chi connectivity index (χ4v) is 3.54. The summed E-state index contributed by atoms with van der Waals surface area (Å²) in [7, 11) is -4.00. The Bertz CT molecular complexity index is 860. The van der Waals surface area contributed by atoms with Crippen molar-refractivity contribution < 1.29 is 17.9 Å². The molecule has 0 spiro atoms. The van der Waals surface area contributed by atoms with Crippen molar-refractivity contribution in [2.75, 3.05) is 31.2 Å².